The van der Waals surface area contributed by atoms with Crippen LogP contribution in [0, 0.1) is 5.92 Å². The molecule has 0 saturated heterocycles. The summed E-state index contributed by atoms with van der Waals surface area (Å²) in [7, 11) is 0. The van der Waals surface area contributed by atoms with Crippen molar-refractivity contribution in [3.05, 3.63) is 29.8 Å². The van der Waals surface area contributed by atoms with Crippen molar-refractivity contribution in [3.8, 4) is 0 Å². The minimum Gasteiger partial charge on any atom is -0.478 e. The largest absolute Gasteiger partial charge is 0.478 e. The number of para-hydroxylation sites is 1. The maximum Gasteiger partial charge on any atom is 0.337 e. The Balaban J connectivity index is 2.39. The monoisotopic (exact) mass is 235 g/mol. The highest BCUT2D eigenvalue weighted by Crippen LogP contribution is 2.15. The first-order valence-electron chi connectivity index (χ1n) is 6.17. The smallest absolute Gasteiger partial charge is 0.337 e. The van der Waals surface area contributed by atoms with Crippen LogP contribution in [0.5, 0.6) is 0 Å². The summed E-state index contributed by atoms with van der Waals surface area (Å²) in [6, 6.07) is 7.03. The molecule has 17 heavy (non-hydrogen) atoms. The van der Waals surface area contributed by atoms with Crippen LogP contribution < -0.4 is 5.32 Å². The number of rotatable bonds is 7. The van der Waals surface area contributed by atoms with Gasteiger partial charge in [0.25, 0.3) is 0 Å². The molecular weight excluding hydrogens is 214 g/mol. The third-order valence-corrected chi connectivity index (χ3v) is 2.68. The fourth-order valence-corrected chi connectivity index (χ4v) is 1.72. The molecule has 0 heterocycles. The predicted molar refractivity (Wildman–Crippen MR) is 70.6 cm³/mol. The zero-order valence-corrected chi connectivity index (χ0v) is 10.6. The average molecular weight is 235 g/mol. The maximum atomic E-state index is 11.0. The number of nitrogens with one attached hydrogen (secondary N) is 1. The van der Waals surface area contributed by atoms with Crippen molar-refractivity contribution < 1.29 is 9.90 Å². The molecule has 0 aliphatic carbocycles. The first kappa shape index (κ1) is 13.6. The van der Waals surface area contributed by atoms with Gasteiger partial charge in [0.2, 0.25) is 0 Å². The van der Waals surface area contributed by atoms with E-state index in [1.807, 2.05) is 12.1 Å². The second-order valence-electron chi connectivity index (χ2n) is 4.67. The van der Waals surface area contributed by atoms with Gasteiger partial charge in [0.05, 0.1) is 5.56 Å². The molecule has 1 rings (SSSR count). The molecule has 0 radical (unpaired) electrons. The number of carbonyl (C=O) groups is 1. The maximum absolute atomic E-state index is 11.0. The van der Waals surface area contributed by atoms with Crippen LogP contribution >= 0.6 is 0 Å². The molecule has 0 bridgehead atoms. The van der Waals surface area contributed by atoms with E-state index in [1.54, 1.807) is 12.1 Å². The van der Waals surface area contributed by atoms with Crippen LogP contribution in [0.15, 0.2) is 24.3 Å². The van der Waals surface area contributed by atoms with Crippen LogP contribution in [0.2, 0.25) is 0 Å². The Morgan fingerprint density at radius 2 is 2.00 bits per heavy atom. The molecule has 0 amide bonds. The highest BCUT2D eigenvalue weighted by molar-refractivity contribution is 5.94. The predicted octanol–water partition coefficient (Wildman–Crippen LogP) is 3.62. The standard InChI is InChI=1S/C14H21NO2/c1-11(2)7-5-6-10-15-13-9-4-3-8-12(13)14(16)17/h3-4,8-9,11,15H,5-7,10H2,1-2H3,(H,16,17). The lowest BCUT2D eigenvalue weighted by atomic mass is 10.1. The fraction of sp³-hybridized carbons (Fsp3) is 0.500. The Morgan fingerprint density at radius 3 is 2.65 bits per heavy atom. The summed E-state index contributed by atoms with van der Waals surface area (Å²) < 4.78 is 0. The third-order valence-electron chi connectivity index (χ3n) is 2.68. The van der Waals surface area contributed by atoms with Gasteiger partial charge in [-0.25, -0.2) is 4.79 Å². The first-order chi connectivity index (χ1) is 8.11. The number of carboxylic acid groups (broad SMARTS) is 1. The van der Waals surface area contributed by atoms with E-state index in [9.17, 15) is 4.79 Å². The van der Waals surface area contributed by atoms with Gasteiger partial charge in [0, 0.05) is 12.2 Å². The number of hydrogen-bond donors (Lipinski definition) is 2. The Kier molecular flexibility index (Phi) is 5.53. The van der Waals surface area contributed by atoms with Crippen LogP contribution in [-0.4, -0.2) is 17.6 Å². The highest BCUT2D eigenvalue weighted by Gasteiger charge is 2.07. The lowest BCUT2D eigenvalue weighted by Crippen LogP contribution is -2.07. The van der Waals surface area contributed by atoms with Gasteiger partial charge in [-0.1, -0.05) is 38.8 Å². The molecule has 0 aliphatic heterocycles. The lowest BCUT2D eigenvalue weighted by Gasteiger charge is -2.09. The van der Waals surface area contributed by atoms with Gasteiger partial charge in [-0.05, 0) is 24.5 Å². The molecular formula is C14H21NO2. The minimum absolute atomic E-state index is 0.344. The Bertz CT molecular complexity index is 361. The molecule has 0 saturated carbocycles. The normalized spacial score (nSPS) is 10.5. The van der Waals surface area contributed by atoms with Crippen molar-refractivity contribution in [2.75, 3.05) is 11.9 Å². The second-order valence-corrected chi connectivity index (χ2v) is 4.67. The van der Waals surface area contributed by atoms with E-state index in [2.05, 4.69) is 19.2 Å². The molecule has 0 aromatic heterocycles. The Morgan fingerprint density at radius 1 is 1.29 bits per heavy atom. The van der Waals surface area contributed by atoms with Crippen LogP contribution in [0.4, 0.5) is 5.69 Å². The quantitative estimate of drug-likeness (QED) is 0.710. The lowest BCUT2D eigenvalue weighted by molar-refractivity contribution is 0.0698. The number of benzene rings is 1. The van der Waals surface area contributed by atoms with E-state index in [0.717, 1.165) is 18.9 Å². The Hall–Kier alpha value is -1.51. The van der Waals surface area contributed by atoms with Crippen molar-refractivity contribution in [3.63, 3.8) is 0 Å². The average Bonchev–Trinajstić information content (AvgIpc) is 2.28. The molecule has 1 aromatic rings. The van der Waals surface area contributed by atoms with E-state index in [4.69, 9.17) is 5.11 Å². The molecule has 0 aliphatic rings. The van der Waals surface area contributed by atoms with Gasteiger partial charge in [-0.3, -0.25) is 0 Å². The van der Waals surface area contributed by atoms with Crippen molar-refractivity contribution in [1.82, 2.24) is 0 Å². The van der Waals surface area contributed by atoms with Crippen molar-refractivity contribution >= 4 is 11.7 Å². The zero-order valence-electron chi connectivity index (χ0n) is 10.6. The number of anilines is 1. The molecule has 94 valence electrons. The fourth-order valence-electron chi connectivity index (χ4n) is 1.72. The topological polar surface area (TPSA) is 49.3 Å². The van der Waals surface area contributed by atoms with E-state index in [1.165, 1.54) is 12.8 Å². The minimum atomic E-state index is -0.879. The first-order valence-corrected chi connectivity index (χ1v) is 6.17. The third kappa shape index (κ3) is 4.89. The molecule has 0 fully saturated rings. The summed E-state index contributed by atoms with van der Waals surface area (Å²) in [4.78, 5) is 11.0. The summed E-state index contributed by atoms with van der Waals surface area (Å²) in [5.74, 6) is -0.142. The van der Waals surface area contributed by atoms with E-state index < -0.39 is 5.97 Å². The van der Waals surface area contributed by atoms with Crippen molar-refractivity contribution in [2.24, 2.45) is 5.92 Å². The van der Waals surface area contributed by atoms with E-state index in [-0.39, 0.29) is 0 Å². The zero-order chi connectivity index (χ0) is 12.7. The molecule has 0 spiro atoms. The van der Waals surface area contributed by atoms with E-state index in [0.29, 0.717) is 11.3 Å². The molecule has 3 nitrogen and oxygen atoms in total. The van der Waals surface area contributed by atoms with Gasteiger partial charge in [-0.15, -0.1) is 0 Å². The highest BCUT2D eigenvalue weighted by atomic mass is 16.4. The van der Waals surface area contributed by atoms with Crippen LogP contribution in [-0.2, 0) is 0 Å². The van der Waals surface area contributed by atoms with Gasteiger partial charge in [0.1, 0.15) is 0 Å². The summed E-state index contributed by atoms with van der Waals surface area (Å²) in [6.07, 6.45) is 3.48. The summed E-state index contributed by atoms with van der Waals surface area (Å²) in [6.45, 7) is 5.26. The number of aromatic carboxylic acids is 1. The number of carboxylic acids is 1. The van der Waals surface area contributed by atoms with Gasteiger partial charge < -0.3 is 10.4 Å². The molecule has 3 heteroatoms. The summed E-state index contributed by atoms with van der Waals surface area (Å²) in [5.41, 5.74) is 1.06. The molecule has 0 atom stereocenters. The van der Waals surface area contributed by atoms with E-state index >= 15 is 0 Å². The van der Waals surface area contributed by atoms with Crippen molar-refractivity contribution in [2.45, 2.75) is 33.1 Å². The number of unbranched alkanes of at least 4 members (excludes halogenated alkanes) is 1. The second kappa shape index (κ2) is 6.94. The molecule has 0 unspecified atom stereocenters. The van der Waals surface area contributed by atoms with Crippen LogP contribution in [0.3, 0.4) is 0 Å². The number of hydrogen-bond acceptors (Lipinski definition) is 2. The van der Waals surface area contributed by atoms with Crippen LogP contribution in [0.25, 0.3) is 0 Å². The molecule has 1 aromatic carbocycles. The SMILES string of the molecule is CC(C)CCCCNc1ccccc1C(=O)O. The molecule has 2 N–H and O–H groups in total. The Labute approximate surface area is 103 Å². The van der Waals surface area contributed by atoms with Crippen molar-refractivity contribution in [1.29, 1.82) is 0 Å². The van der Waals surface area contributed by atoms with Crippen LogP contribution in [0.1, 0.15) is 43.5 Å². The summed E-state index contributed by atoms with van der Waals surface area (Å²) >= 11 is 0. The summed E-state index contributed by atoms with van der Waals surface area (Å²) in [5, 5.41) is 12.2. The van der Waals surface area contributed by atoms with Gasteiger partial charge in [0.15, 0.2) is 0 Å². The van der Waals surface area contributed by atoms with Gasteiger partial charge >= 0.3 is 5.97 Å². The van der Waals surface area contributed by atoms with Gasteiger partial charge in [-0.2, -0.15) is 0 Å².